The van der Waals surface area contributed by atoms with Gasteiger partial charge in [-0.15, -0.1) is 0 Å². The van der Waals surface area contributed by atoms with Gasteiger partial charge in [0.05, 0.1) is 5.69 Å². The molecule has 0 radical (unpaired) electrons. The molecule has 1 aromatic heterocycles. The maximum absolute atomic E-state index is 9.99. The van der Waals surface area contributed by atoms with Crippen LogP contribution in [0.15, 0.2) is 22.8 Å². The molecule has 1 unspecified atom stereocenters. The van der Waals surface area contributed by atoms with Crippen LogP contribution in [0.2, 0.25) is 0 Å². The molecule has 0 bridgehead atoms. The molecule has 1 fully saturated rings. The number of hydrogen-bond acceptors (Lipinski definition) is 4. The number of aliphatic hydroxyl groups is 1. The van der Waals surface area contributed by atoms with Crippen LogP contribution in [0.3, 0.4) is 0 Å². The molecule has 17 heavy (non-hydrogen) atoms. The SMILES string of the molecule is OC(CNC1CCNCC1)c1ccc(Br)cn1. The molecule has 94 valence electrons. The molecule has 2 heterocycles. The van der Waals surface area contributed by atoms with Crippen LogP contribution in [-0.2, 0) is 0 Å². The fourth-order valence-corrected chi connectivity index (χ4v) is 2.23. The number of piperidine rings is 1. The van der Waals surface area contributed by atoms with E-state index in [1.807, 2.05) is 12.1 Å². The Balaban J connectivity index is 1.80. The Hall–Kier alpha value is -0.490. The van der Waals surface area contributed by atoms with Crippen LogP contribution in [0.1, 0.15) is 24.6 Å². The lowest BCUT2D eigenvalue weighted by atomic mass is 10.1. The van der Waals surface area contributed by atoms with E-state index in [1.54, 1.807) is 6.20 Å². The Morgan fingerprint density at radius 3 is 2.88 bits per heavy atom. The molecule has 1 aliphatic heterocycles. The predicted octanol–water partition coefficient (Wildman–Crippen LogP) is 1.22. The van der Waals surface area contributed by atoms with Crippen LogP contribution in [0.4, 0.5) is 0 Å². The number of rotatable bonds is 4. The van der Waals surface area contributed by atoms with Crippen LogP contribution >= 0.6 is 15.9 Å². The van der Waals surface area contributed by atoms with E-state index in [2.05, 4.69) is 31.5 Å². The van der Waals surface area contributed by atoms with Crippen molar-refractivity contribution in [1.82, 2.24) is 15.6 Å². The summed E-state index contributed by atoms with van der Waals surface area (Å²) in [5.41, 5.74) is 0.717. The molecule has 4 nitrogen and oxygen atoms in total. The molecule has 1 aromatic rings. The van der Waals surface area contributed by atoms with E-state index in [-0.39, 0.29) is 0 Å². The Labute approximate surface area is 110 Å². The summed E-state index contributed by atoms with van der Waals surface area (Å²) in [4.78, 5) is 4.19. The molecule has 0 aliphatic carbocycles. The highest BCUT2D eigenvalue weighted by molar-refractivity contribution is 9.10. The maximum atomic E-state index is 9.99. The summed E-state index contributed by atoms with van der Waals surface area (Å²) in [6, 6.07) is 4.26. The van der Waals surface area contributed by atoms with Crippen LogP contribution < -0.4 is 10.6 Å². The minimum Gasteiger partial charge on any atom is -0.385 e. The van der Waals surface area contributed by atoms with Gasteiger partial charge < -0.3 is 15.7 Å². The van der Waals surface area contributed by atoms with Gasteiger partial charge >= 0.3 is 0 Å². The highest BCUT2D eigenvalue weighted by Gasteiger charge is 2.15. The average Bonchev–Trinajstić information content (AvgIpc) is 2.38. The van der Waals surface area contributed by atoms with Gasteiger partial charge in [-0.05, 0) is 54.0 Å². The first kappa shape index (κ1) is 13.0. The first-order valence-corrected chi connectivity index (χ1v) is 6.78. The fraction of sp³-hybridized carbons (Fsp3) is 0.583. The van der Waals surface area contributed by atoms with Gasteiger partial charge in [-0.25, -0.2) is 0 Å². The summed E-state index contributed by atoms with van der Waals surface area (Å²) < 4.78 is 0.930. The summed E-state index contributed by atoms with van der Waals surface area (Å²) in [5, 5.41) is 16.7. The number of nitrogens with one attached hydrogen (secondary N) is 2. The number of aliphatic hydroxyl groups excluding tert-OH is 1. The number of pyridine rings is 1. The lowest BCUT2D eigenvalue weighted by Gasteiger charge is -2.24. The van der Waals surface area contributed by atoms with Gasteiger partial charge in [0.2, 0.25) is 0 Å². The molecule has 5 heteroatoms. The molecule has 1 atom stereocenters. The second-order valence-electron chi connectivity index (χ2n) is 4.35. The highest BCUT2D eigenvalue weighted by atomic mass is 79.9. The molecule has 0 saturated carbocycles. The van der Waals surface area contributed by atoms with Crippen molar-refractivity contribution in [3.63, 3.8) is 0 Å². The van der Waals surface area contributed by atoms with Gasteiger partial charge in [0.15, 0.2) is 0 Å². The minimum atomic E-state index is -0.530. The lowest BCUT2D eigenvalue weighted by Crippen LogP contribution is -2.41. The molecular weight excluding hydrogens is 282 g/mol. The second kappa shape index (κ2) is 6.44. The fourth-order valence-electron chi connectivity index (χ4n) is 1.99. The monoisotopic (exact) mass is 299 g/mol. The van der Waals surface area contributed by atoms with Crippen LogP contribution in [0, 0.1) is 0 Å². The normalized spacial score (nSPS) is 19.2. The van der Waals surface area contributed by atoms with Crippen molar-refractivity contribution in [2.24, 2.45) is 0 Å². The largest absolute Gasteiger partial charge is 0.385 e. The summed E-state index contributed by atoms with van der Waals surface area (Å²) in [7, 11) is 0. The van der Waals surface area contributed by atoms with E-state index >= 15 is 0 Å². The maximum Gasteiger partial charge on any atom is 0.108 e. The zero-order valence-electron chi connectivity index (χ0n) is 9.69. The van der Waals surface area contributed by atoms with Crippen molar-refractivity contribution in [2.75, 3.05) is 19.6 Å². The third-order valence-corrected chi connectivity index (χ3v) is 3.50. The van der Waals surface area contributed by atoms with Gasteiger partial charge in [-0.2, -0.15) is 0 Å². The number of nitrogens with zero attached hydrogens (tertiary/aromatic N) is 1. The van der Waals surface area contributed by atoms with Crippen LogP contribution in [0.5, 0.6) is 0 Å². The third kappa shape index (κ3) is 4.03. The Morgan fingerprint density at radius 1 is 1.47 bits per heavy atom. The van der Waals surface area contributed by atoms with Crippen molar-refractivity contribution >= 4 is 15.9 Å². The van der Waals surface area contributed by atoms with Crippen LogP contribution in [-0.4, -0.2) is 35.8 Å². The van der Waals surface area contributed by atoms with Gasteiger partial charge in [0.25, 0.3) is 0 Å². The third-order valence-electron chi connectivity index (χ3n) is 3.03. The zero-order valence-corrected chi connectivity index (χ0v) is 11.3. The first-order chi connectivity index (χ1) is 8.25. The summed E-state index contributed by atoms with van der Waals surface area (Å²) in [6.45, 7) is 2.69. The van der Waals surface area contributed by atoms with Crippen molar-refractivity contribution < 1.29 is 5.11 Å². The average molecular weight is 300 g/mol. The molecule has 0 aromatic carbocycles. The van der Waals surface area contributed by atoms with Crippen molar-refractivity contribution in [3.8, 4) is 0 Å². The van der Waals surface area contributed by atoms with E-state index in [4.69, 9.17) is 0 Å². The number of halogens is 1. The second-order valence-corrected chi connectivity index (χ2v) is 5.27. The van der Waals surface area contributed by atoms with Gasteiger partial charge in [-0.3, -0.25) is 4.98 Å². The minimum absolute atomic E-state index is 0.515. The van der Waals surface area contributed by atoms with E-state index in [1.165, 1.54) is 0 Å². The first-order valence-electron chi connectivity index (χ1n) is 5.99. The van der Waals surface area contributed by atoms with Crippen molar-refractivity contribution in [2.45, 2.75) is 25.0 Å². The molecule has 0 amide bonds. The van der Waals surface area contributed by atoms with Gasteiger partial charge in [0.1, 0.15) is 6.10 Å². The quantitative estimate of drug-likeness (QED) is 0.782. The molecule has 2 rings (SSSR count). The highest BCUT2D eigenvalue weighted by Crippen LogP contribution is 2.13. The Kier molecular flexibility index (Phi) is 4.91. The lowest BCUT2D eigenvalue weighted by molar-refractivity contribution is 0.162. The smallest absolute Gasteiger partial charge is 0.108 e. The molecule has 3 N–H and O–H groups in total. The summed E-state index contributed by atoms with van der Waals surface area (Å²) >= 11 is 3.33. The summed E-state index contributed by atoms with van der Waals surface area (Å²) in [6.07, 6.45) is 3.43. The zero-order chi connectivity index (χ0) is 12.1. The topological polar surface area (TPSA) is 57.2 Å². The van der Waals surface area contributed by atoms with Crippen molar-refractivity contribution in [3.05, 3.63) is 28.5 Å². The van der Waals surface area contributed by atoms with E-state index < -0.39 is 6.10 Å². The van der Waals surface area contributed by atoms with Gasteiger partial charge in [0, 0.05) is 23.3 Å². The Morgan fingerprint density at radius 2 is 2.24 bits per heavy atom. The van der Waals surface area contributed by atoms with E-state index in [9.17, 15) is 5.11 Å². The van der Waals surface area contributed by atoms with Gasteiger partial charge in [-0.1, -0.05) is 0 Å². The standard InChI is InChI=1S/C12H18BrN3O/c13-9-1-2-11(16-7-9)12(17)8-15-10-3-5-14-6-4-10/h1-2,7,10,12,14-15,17H,3-6,8H2. The van der Waals surface area contributed by atoms with E-state index in [0.29, 0.717) is 12.6 Å². The molecule has 1 aliphatic rings. The molecule has 0 spiro atoms. The Bertz CT molecular complexity index is 338. The van der Waals surface area contributed by atoms with Crippen molar-refractivity contribution in [1.29, 1.82) is 0 Å². The summed E-state index contributed by atoms with van der Waals surface area (Å²) in [5.74, 6) is 0. The van der Waals surface area contributed by atoms with Crippen LogP contribution in [0.25, 0.3) is 0 Å². The predicted molar refractivity (Wildman–Crippen MR) is 70.8 cm³/mol. The molecular formula is C12H18BrN3O. The molecule has 1 saturated heterocycles. The van der Waals surface area contributed by atoms with E-state index in [0.717, 1.165) is 36.1 Å². The number of aromatic nitrogens is 1. The number of hydrogen-bond donors (Lipinski definition) is 3.